The fourth-order valence-electron chi connectivity index (χ4n) is 2.68. The highest BCUT2D eigenvalue weighted by molar-refractivity contribution is 7.98. The van der Waals surface area contributed by atoms with Crippen LogP contribution < -0.4 is 14.8 Å². The van der Waals surface area contributed by atoms with E-state index in [0.29, 0.717) is 24.7 Å². The van der Waals surface area contributed by atoms with E-state index in [4.69, 9.17) is 9.47 Å². The predicted octanol–water partition coefficient (Wildman–Crippen LogP) is 3.14. The third-order valence-corrected chi connectivity index (χ3v) is 6.79. The van der Waals surface area contributed by atoms with E-state index in [0.717, 1.165) is 14.8 Å². The van der Waals surface area contributed by atoms with Crippen molar-refractivity contribution in [1.82, 2.24) is 9.62 Å². The second kappa shape index (κ2) is 11.2. The molecule has 2 aromatic rings. The largest absolute Gasteiger partial charge is 0.490 e. The summed E-state index contributed by atoms with van der Waals surface area (Å²) in [5, 5.41) is 2.75. The molecule has 30 heavy (non-hydrogen) atoms. The molecule has 0 radical (unpaired) electrons. The van der Waals surface area contributed by atoms with Crippen molar-refractivity contribution in [1.29, 1.82) is 0 Å². The maximum atomic E-state index is 12.7. The minimum Gasteiger partial charge on any atom is -0.490 e. The number of nitrogens with zero attached hydrogens (tertiary/aromatic N) is 1. The van der Waals surface area contributed by atoms with Crippen molar-refractivity contribution in [2.75, 3.05) is 33.1 Å². The van der Waals surface area contributed by atoms with Crippen LogP contribution in [0.3, 0.4) is 0 Å². The van der Waals surface area contributed by atoms with E-state index in [1.807, 2.05) is 32.2 Å². The van der Waals surface area contributed by atoms with Crippen LogP contribution in [-0.4, -0.2) is 51.7 Å². The van der Waals surface area contributed by atoms with Crippen molar-refractivity contribution < 1.29 is 22.7 Å². The Morgan fingerprint density at radius 3 is 2.27 bits per heavy atom. The topological polar surface area (TPSA) is 84.9 Å². The summed E-state index contributed by atoms with van der Waals surface area (Å²) in [6.07, 6.45) is 1.92. The molecule has 2 rings (SSSR count). The van der Waals surface area contributed by atoms with Crippen molar-refractivity contribution in [3.8, 4) is 11.5 Å². The molecule has 0 aliphatic carbocycles. The number of hydrogen-bond acceptors (Lipinski definition) is 6. The van der Waals surface area contributed by atoms with Crippen LogP contribution in [0.2, 0.25) is 0 Å². The Balaban J connectivity index is 1.98. The zero-order valence-electron chi connectivity index (χ0n) is 17.7. The third kappa shape index (κ3) is 6.38. The molecule has 1 amide bonds. The van der Waals surface area contributed by atoms with Crippen LogP contribution >= 0.6 is 11.8 Å². The van der Waals surface area contributed by atoms with E-state index in [2.05, 4.69) is 5.32 Å². The lowest BCUT2D eigenvalue weighted by molar-refractivity contribution is -0.121. The fourth-order valence-corrected chi connectivity index (χ4v) is 4.21. The second-order valence-corrected chi connectivity index (χ2v) is 9.28. The van der Waals surface area contributed by atoms with Gasteiger partial charge in [-0.15, -0.1) is 11.8 Å². The molecule has 1 N–H and O–H groups in total. The van der Waals surface area contributed by atoms with Gasteiger partial charge in [-0.25, -0.2) is 8.42 Å². The van der Waals surface area contributed by atoms with Crippen LogP contribution in [-0.2, 0) is 21.4 Å². The molecular weight excluding hydrogens is 424 g/mol. The molecule has 0 bridgehead atoms. The number of likely N-dealkylation sites (N-methyl/N-ethyl adjacent to an activating group) is 1. The first-order valence-corrected chi connectivity index (χ1v) is 12.2. The number of carbonyl (C=O) groups excluding carboxylic acids is 1. The lowest BCUT2D eigenvalue weighted by Crippen LogP contribution is -2.38. The van der Waals surface area contributed by atoms with Crippen molar-refractivity contribution in [3.63, 3.8) is 0 Å². The predicted molar refractivity (Wildman–Crippen MR) is 119 cm³/mol. The Kier molecular flexibility index (Phi) is 9.01. The minimum absolute atomic E-state index is 0.156. The van der Waals surface area contributed by atoms with Gasteiger partial charge in [-0.2, -0.15) is 4.31 Å². The summed E-state index contributed by atoms with van der Waals surface area (Å²) in [4.78, 5) is 13.4. The highest BCUT2D eigenvalue weighted by atomic mass is 32.2. The lowest BCUT2D eigenvalue weighted by atomic mass is 10.2. The number of amides is 1. The average molecular weight is 453 g/mol. The standard InChI is InChI=1S/C21H28N2O5S2/c1-5-27-19-12-7-16(13-20(19)28-6-2)14-22-21(24)15-23(3)30(25,26)18-10-8-17(29-4)9-11-18/h7-13H,5-6,14-15H2,1-4H3,(H,22,24). The molecule has 0 aliphatic heterocycles. The van der Waals surface area contributed by atoms with Gasteiger partial charge in [0.05, 0.1) is 24.7 Å². The van der Waals surface area contributed by atoms with Gasteiger partial charge in [-0.1, -0.05) is 6.07 Å². The third-order valence-electron chi connectivity index (χ3n) is 4.23. The van der Waals surface area contributed by atoms with Gasteiger partial charge in [0.15, 0.2) is 11.5 Å². The molecule has 0 unspecified atom stereocenters. The number of ether oxygens (including phenoxy) is 2. The van der Waals surface area contributed by atoms with Crippen LogP contribution in [0.5, 0.6) is 11.5 Å². The van der Waals surface area contributed by atoms with Crippen molar-refractivity contribution in [2.24, 2.45) is 0 Å². The zero-order valence-corrected chi connectivity index (χ0v) is 19.3. The number of carbonyl (C=O) groups is 1. The van der Waals surface area contributed by atoms with E-state index in [1.54, 1.807) is 30.3 Å². The summed E-state index contributed by atoms with van der Waals surface area (Å²) in [5.74, 6) is 0.862. The summed E-state index contributed by atoms with van der Waals surface area (Å²) >= 11 is 1.53. The number of thioether (sulfide) groups is 1. The van der Waals surface area contributed by atoms with Crippen LogP contribution in [0, 0.1) is 0 Å². The molecular formula is C21H28N2O5S2. The molecule has 7 nitrogen and oxygen atoms in total. The van der Waals surface area contributed by atoms with E-state index in [-0.39, 0.29) is 18.0 Å². The summed E-state index contributed by atoms with van der Waals surface area (Å²) in [6.45, 7) is 4.78. The number of nitrogens with one attached hydrogen (secondary N) is 1. The molecule has 0 fully saturated rings. The summed E-state index contributed by atoms with van der Waals surface area (Å²) in [6, 6.07) is 12.0. The van der Waals surface area contributed by atoms with Crippen molar-refractivity contribution >= 4 is 27.7 Å². The SMILES string of the molecule is CCOc1ccc(CNC(=O)CN(C)S(=O)(=O)c2ccc(SC)cc2)cc1OCC. The minimum atomic E-state index is -3.74. The first-order valence-electron chi connectivity index (χ1n) is 9.57. The van der Waals surface area contributed by atoms with Crippen LogP contribution in [0.15, 0.2) is 52.3 Å². The molecule has 0 spiro atoms. The number of rotatable bonds is 11. The number of hydrogen-bond donors (Lipinski definition) is 1. The fraction of sp³-hybridized carbons (Fsp3) is 0.381. The molecule has 0 saturated heterocycles. The molecule has 0 atom stereocenters. The van der Waals surface area contributed by atoms with Gasteiger partial charge in [-0.3, -0.25) is 4.79 Å². The maximum Gasteiger partial charge on any atom is 0.243 e. The Labute approximate surface area is 182 Å². The van der Waals surface area contributed by atoms with Gasteiger partial charge in [0.1, 0.15) is 0 Å². The van der Waals surface area contributed by atoms with E-state index in [9.17, 15) is 13.2 Å². The maximum absolute atomic E-state index is 12.7. The van der Waals surface area contributed by atoms with E-state index in [1.165, 1.54) is 18.8 Å². The summed E-state index contributed by atoms with van der Waals surface area (Å²) in [5.41, 5.74) is 0.827. The van der Waals surface area contributed by atoms with Gasteiger partial charge in [0.2, 0.25) is 15.9 Å². The first-order chi connectivity index (χ1) is 14.3. The van der Waals surface area contributed by atoms with E-state index >= 15 is 0 Å². The summed E-state index contributed by atoms with van der Waals surface area (Å²) < 4.78 is 37.5. The Morgan fingerprint density at radius 2 is 1.67 bits per heavy atom. The van der Waals surface area contributed by atoms with Crippen molar-refractivity contribution in [2.45, 2.75) is 30.2 Å². The molecule has 0 aliphatic rings. The van der Waals surface area contributed by atoms with Crippen LogP contribution in [0.25, 0.3) is 0 Å². The van der Waals surface area contributed by atoms with E-state index < -0.39 is 15.9 Å². The molecule has 0 heterocycles. The van der Waals surface area contributed by atoms with Crippen molar-refractivity contribution in [3.05, 3.63) is 48.0 Å². The van der Waals surface area contributed by atoms with Gasteiger partial charge < -0.3 is 14.8 Å². The smallest absolute Gasteiger partial charge is 0.243 e. The quantitative estimate of drug-likeness (QED) is 0.527. The van der Waals surface area contributed by atoms with Crippen LogP contribution in [0.4, 0.5) is 0 Å². The zero-order chi connectivity index (χ0) is 22.1. The molecule has 9 heteroatoms. The second-order valence-electron chi connectivity index (χ2n) is 6.36. The molecule has 2 aromatic carbocycles. The average Bonchev–Trinajstić information content (AvgIpc) is 2.74. The number of benzene rings is 2. The summed E-state index contributed by atoms with van der Waals surface area (Å²) in [7, 11) is -2.35. The monoisotopic (exact) mass is 452 g/mol. The lowest BCUT2D eigenvalue weighted by Gasteiger charge is -2.17. The van der Waals surface area contributed by atoms with Crippen LogP contribution in [0.1, 0.15) is 19.4 Å². The Hall–Kier alpha value is -2.23. The van der Waals surface area contributed by atoms with Gasteiger partial charge in [0.25, 0.3) is 0 Å². The highest BCUT2D eigenvalue weighted by Gasteiger charge is 2.22. The molecule has 0 saturated carbocycles. The number of sulfonamides is 1. The first kappa shape index (κ1) is 24.0. The Bertz CT molecular complexity index is 946. The highest BCUT2D eigenvalue weighted by Crippen LogP contribution is 2.28. The van der Waals surface area contributed by atoms with Gasteiger partial charge >= 0.3 is 0 Å². The molecule has 164 valence electrons. The molecule has 0 aromatic heterocycles. The van der Waals surface area contributed by atoms with Gasteiger partial charge in [-0.05, 0) is 62.1 Å². The Morgan fingerprint density at radius 1 is 1.03 bits per heavy atom. The normalized spacial score (nSPS) is 11.4. The van der Waals surface area contributed by atoms with Gasteiger partial charge in [0, 0.05) is 18.5 Å².